The number of rotatable bonds is 2. The van der Waals surface area contributed by atoms with Crippen LogP contribution in [0, 0.1) is 6.92 Å². The fourth-order valence-corrected chi connectivity index (χ4v) is 2.63. The number of nitrogens with zero attached hydrogens (tertiary/aromatic N) is 3. The number of pyridine rings is 1. The summed E-state index contributed by atoms with van der Waals surface area (Å²) in [6.45, 7) is 1.95. The number of aromatic nitrogens is 3. The first kappa shape index (κ1) is 11.4. The number of aryl methyl sites for hydroxylation is 1. The molecule has 0 radical (unpaired) electrons. The van der Waals surface area contributed by atoms with Gasteiger partial charge in [0.25, 0.3) is 5.89 Å². The zero-order chi connectivity index (χ0) is 12.5. The Morgan fingerprint density at radius 1 is 1.33 bits per heavy atom. The molecule has 0 aliphatic rings. The first-order chi connectivity index (χ1) is 8.75. The molecule has 0 aliphatic carbocycles. The Balaban J connectivity index is 2.05. The van der Waals surface area contributed by atoms with Crippen LogP contribution in [0.3, 0.4) is 0 Å². The maximum atomic E-state index is 6.03. The van der Waals surface area contributed by atoms with Crippen LogP contribution in [0.25, 0.3) is 22.3 Å². The fourth-order valence-electron chi connectivity index (χ4n) is 1.58. The van der Waals surface area contributed by atoms with E-state index in [0.29, 0.717) is 16.7 Å². The van der Waals surface area contributed by atoms with Crippen molar-refractivity contribution in [2.24, 2.45) is 0 Å². The van der Waals surface area contributed by atoms with Gasteiger partial charge in [-0.15, -0.1) is 11.3 Å². The molecule has 90 valence electrons. The van der Waals surface area contributed by atoms with E-state index in [1.54, 1.807) is 12.3 Å². The maximum absolute atomic E-state index is 6.03. The van der Waals surface area contributed by atoms with Gasteiger partial charge in [0.1, 0.15) is 10.6 Å². The van der Waals surface area contributed by atoms with Crippen LogP contribution in [0.1, 0.15) is 5.56 Å². The summed E-state index contributed by atoms with van der Waals surface area (Å²) in [5.74, 6) is 0.905. The van der Waals surface area contributed by atoms with Gasteiger partial charge >= 0.3 is 0 Å². The van der Waals surface area contributed by atoms with Crippen LogP contribution in [0.5, 0.6) is 0 Å². The van der Waals surface area contributed by atoms with Gasteiger partial charge in [-0.25, -0.2) is 0 Å². The van der Waals surface area contributed by atoms with Gasteiger partial charge in [-0.05, 0) is 30.0 Å². The standard InChI is InChI=1S/C12H8ClN3OS/c1-7-3-2-5-14-9(7)11-15-12(17-16-11)10-8(13)4-6-18-10/h2-6H,1H3. The van der Waals surface area contributed by atoms with Crippen molar-refractivity contribution in [2.45, 2.75) is 6.92 Å². The Kier molecular flexibility index (Phi) is 2.85. The number of hydrogen-bond donors (Lipinski definition) is 0. The first-order valence-electron chi connectivity index (χ1n) is 5.25. The summed E-state index contributed by atoms with van der Waals surface area (Å²) >= 11 is 7.49. The molecule has 0 fully saturated rings. The van der Waals surface area contributed by atoms with Crippen LogP contribution in [0.2, 0.25) is 5.02 Å². The highest BCUT2D eigenvalue weighted by Gasteiger charge is 2.16. The normalized spacial score (nSPS) is 10.8. The topological polar surface area (TPSA) is 51.8 Å². The Labute approximate surface area is 112 Å². The van der Waals surface area contributed by atoms with E-state index < -0.39 is 0 Å². The second-order valence-corrected chi connectivity index (χ2v) is 5.01. The van der Waals surface area contributed by atoms with E-state index >= 15 is 0 Å². The van der Waals surface area contributed by atoms with Crippen LogP contribution in [0.4, 0.5) is 0 Å². The molecule has 4 nitrogen and oxygen atoms in total. The van der Waals surface area contributed by atoms with Gasteiger partial charge in [0.15, 0.2) is 0 Å². The lowest BCUT2D eigenvalue weighted by Crippen LogP contribution is -1.88. The first-order valence-corrected chi connectivity index (χ1v) is 6.50. The van der Waals surface area contributed by atoms with Gasteiger partial charge in [0.05, 0.1) is 5.02 Å². The van der Waals surface area contributed by atoms with Gasteiger partial charge in [0, 0.05) is 6.20 Å². The summed E-state index contributed by atoms with van der Waals surface area (Å²) < 4.78 is 5.22. The van der Waals surface area contributed by atoms with E-state index in [0.717, 1.165) is 16.1 Å². The average molecular weight is 278 g/mol. The second-order valence-electron chi connectivity index (χ2n) is 3.69. The highest BCUT2D eigenvalue weighted by atomic mass is 35.5. The third kappa shape index (κ3) is 1.91. The zero-order valence-corrected chi connectivity index (χ0v) is 11.0. The Hall–Kier alpha value is -1.72. The number of thiophene rings is 1. The number of halogens is 1. The summed E-state index contributed by atoms with van der Waals surface area (Å²) in [7, 11) is 0. The Bertz CT molecular complexity index is 692. The molecular weight excluding hydrogens is 270 g/mol. The zero-order valence-electron chi connectivity index (χ0n) is 9.42. The molecule has 0 bridgehead atoms. The molecular formula is C12H8ClN3OS. The van der Waals surface area contributed by atoms with Crippen LogP contribution >= 0.6 is 22.9 Å². The van der Waals surface area contributed by atoms with E-state index in [2.05, 4.69) is 15.1 Å². The molecule has 3 heterocycles. The van der Waals surface area contributed by atoms with Crippen molar-refractivity contribution in [1.82, 2.24) is 15.1 Å². The van der Waals surface area contributed by atoms with Crippen molar-refractivity contribution in [2.75, 3.05) is 0 Å². The molecule has 0 atom stereocenters. The van der Waals surface area contributed by atoms with E-state index in [1.165, 1.54) is 11.3 Å². The average Bonchev–Trinajstić information content (AvgIpc) is 2.98. The van der Waals surface area contributed by atoms with Crippen LogP contribution in [-0.2, 0) is 0 Å². The second kappa shape index (κ2) is 4.51. The predicted octanol–water partition coefficient (Wildman–Crippen LogP) is 3.82. The van der Waals surface area contributed by atoms with Gasteiger partial charge in [-0.2, -0.15) is 4.98 Å². The summed E-state index contributed by atoms with van der Waals surface area (Å²) in [5, 5.41) is 6.44. The van der Waals surface area contributed by atoms with E-state index in [1.807, 2.05) is 24.4 Å². The summed E-state index contributed by atoms with van der Waals surface area (Å²) in [6.07, 6.45) is 1.70. The van der Waals surface area contributed by atoms with E-state index in [9.17, 15) is 0 Å². The van der Waals surface area contributed by atoms with Gasteiger partial charge in [0.2, 0.25) is 5.82 Å². The van der Waals surface area contributed by atoms with Gasteiger partial charge in [-0.3, -0.25) is 4.98 Å². The monoisotopic (exact) mass is 277 g/mol. The third-order valence-electron chi connectivity index (χ3n) is 2.46. The van der Waals surface area contributed by atoms with E-state index in [-0.39, 0.29) is 0 Å². The van der Waals surface area contributed by atoms with Crippen molar-refractivity contribution in [3.63, 3.8) is 0 Å². The van der Waals surface area contributed by atoms with Crippen molar-refractivity contribution in [3.8, 4) is 22.3 Å². The van der Waals surface area contributed by atoms with Crippen molar-refractivity contribution in [1.29, 1.82) is 0 Å². The molecule has 0 amide bonds. The van der Waals surface area contributed by atoms with Crippen molar-refractivity contribution < 1.29 is 4.52 Å². The fraction of sp³-hybridized carbons (Fsp3) is 0.0833. The van der Waals surface area contributed by atoms with Crippen molar-refractivity contribution >= 4 is 22.9 Å². The van der Waals surface area contributed by atoms with Crippen LogP contribution < -0.4 is 0 Å². The SMILES string of the molecule is Cc1cccnc1-c1noc(-c2sccc2Cl)n1. The Morgan fingerprint density at radius 3 is 2.94 bits per heavy atom. The summed E-state index contributed by atoms with van der Waals surface area (Å²) in [5.41, 5.74) is 1.72. The lowest BCUT2D eigenvalue weighted by molar-refractivity contribution is 0.433. The van der Waals surface area contributed by atoms with Crippen LogP contribution in [-0.4, -0.2) is 15.1 Å². The van der Waals surface area contributed by atoms with Gasteiger partial charge in [-0.1, -0.05) is 22.8 Å². The molecule has 6 heteroatoms. The maximum Gasteiger partial charge on any atom is 0.269 e. The molecule has 0 spiro atoms. The van der Waals surface area contributed by atoms with E-state index in [4.69, 9.17) is 16.1 Å². The smallest absolute Gasteiger partial charge is 0.269 e. The quantitative estimate of drug-likeness (QED) is 0.714. The van der Waals surface area contributed by atoms with Crippen LogP contribution in [0.15, 0.2) is 34.3 Å². The molecule has 0 aromatic carbocycles. The lowest BCUT2D eigenvalue weighted by atomic mass is 10.2. The van der Waals surface area contributed by atoms with Crippen molar-refractivity contribution in [3.05, 3.63) is 40.4 Å². The Morgan fingerprint density at radius 2 is 2.22 bits per heavy atom. The lowest BCUT2D eigenvalue weighted by Gasteiger charge is -1.96. The molecule has 3 aromatic heterocycles. The molecule has 3 rings (SSSR count). The minimum Gasteiger partial charge on any atom is -0.333 e. The molecule has 0 saturated carbocycles. The minimum atomic E-state index is 0.426. The third-order valence-corrected chi connectivity index (χ3v) is 3.79. The molecule has 18 heavy (non-hydrogen) atoms. The minimum absolute atomic E-state index is 0.426. The molecule has 0 unspecified atom stereocenters. The highest BCUT2D eigenvalue weighted by molar-refractivity contribution is 7.14. The predicted molar refractivity (Wildman–Crippen MR) is 70.6 cm³/mol. The molecule has 0 saturated heterocycles. The molecule has 3 aromatic rings. The largest absolute Gasteiger partial charge is 0.333 e. The summed E-state index contributed by atoms with van der Waals surface area (Å²) in [4.78, 5) is 9.36. The number of hydrogen-bond acceptors (Lipinski definition) is 5. The molecule has 0 N–H and O–H groups in total. The van der Waals surface area contributed by atoms with Gasteiger partial charge < -0.3 is 4.52 Å². The molecule has 0 aliphatic heterocycles. The summed E-state index contributed by atoms with van der Waals surface area (Å²) in [6, 6.07) is 5.63. The highest BCUT2D eigenvalue weighted by Crippen LogP contribution is 2.33.